The van der Waals surface area contributed by atoms with Gasteiger partial charge in [-0.05, 0) is 31.4 Å². The van der Waals surface area contributed by atoms with Crippen molar-refractivity contribution in [1.82, 2.24) is 10.1 Å². The van der Waals surface area contributed by atoms with Gasteiger partial charge in [0.25, 0.3) is 11.6 Å². The highest BCUT2D eigenvalue weighted by Gasteiger charge is 2.36. The van der Waals surface area contributed by atoms with Gasteiger partial charge in [0.05, 0.1) is 16.0 Å². The molecule has 116 valence electrons. The number of nitro groups is 1. The summed E-state index contributed by atoms with van der Waals surface area (Å²) in [6.45, 7) is 1.74. The summed E-state index contributed by atoms with van der Waals surface area (Å²) < 4.78 is 5.26. The van der Waals surface area contributed by atoms with Crippen molar-refractivity contribution in [2.45, 2.75) is 38.1 Å². The van der Waals surface area contributed by atoms with Gasteiger partial charge < -0.3 is 16.0 Å². The van der Waals surface area contributed by atoms with E-state index in [9.17, 15) is 10.1 Å². The van der Waals surface area contributed by atoms with E-state index in [-0.39, 0.29) is 17.3 Å². The average molecular weight is 303 g/mol. The molecule has 0 unspecified atom stereocenters. The number of anilines is 1. The number of hydrogen-bond acceptors (Lipinski definition) is 7. The largest absolute Gasteiger partial charge is 0.393 e. The van der Waals surface area contributed by atoms with Crippen molar-refractivity contribution >= 4 is 11.4 Å². The Bertz CT molecular complexity index is 734. The molecule has 0 amide bonds. The van der Waals surface area contributed by atoms with Crippen LogP contribution in [-0.4, -0.2) is 15.1 Å². The molecule has 1 aromatic heterocycles. The minimum Gasteiger partial charge on any atom is -0.393 e. The monoisotopic (exact) mass is 303 g/mol. The summed E-state index contributed by atoms with van der Waals surface area (Å²) in [6.07, 6.45) is 3.65. The fraction of sp³-hybridized carbons (Fsp3) is 0.429. The number of benzene rings is 1. The third kappa shape index (κ3) is 2.31. The highest BCUT2D eigenvalue weighted by Crippen LogP contribution is 2.37. The lowest BCUT2D eigenvalue weighted by atomic mass is 9.98. The molecule has 0 bridgehead atoms. The van der Waals surface area contributed by atoms with Crippen molar-refractivity contribution in [2.75, 3.05) is 5.73 Å². The van der Waals surface area contributed by atoms with E-state index < -0.39 is 10.5 Å². The van der Waals surface area contributed by atoms with Crippen LogP contribution in [0.5, 0.6) is 0 Å². The molecule has 22 heavy (non-hydrogen) atoms. The Hall–Kier alpha value is -2.48. The fourth-order valence-corrected chi connectivity index (χ4v) is 2.87. The Labute approximate surface area is 126 Å². The molecule has 0 aliphatic heterocycles. The summed E-state index contributed by atoms with van der Waals surface area (Å²) in [6, 6.07) is 3.11. The summed E-state index contributed by atoms with van der Waals surface area (Å²) in [5.41, 5.74) is 12.5. The lowest BCUT2D eigenvalue weighted by Crippen LogP contribution is -2.34. The minimum absolute atomic E-state index is 0.0169. The van der Waals surface area contributed by atoms with E-state index in [1.54, 1.807) is 13.0 Å². The Balaban J connectivity index is 2.05. The lowest BCUT2D eigenvalue weighted by molar-refractivity contribution is -0.383. The number of rotatable bonds is 3. The Kier molecular flexibility index (Phi) is 3.32. The van der Waals surface area contributed by atoms with Crippen LogP contribution in [0.15, 0.2) is 16.7 Å². The summed E-state index contributed by atoms with van der Waals surface area (Å²) in [4.78, 5) is 14.9. The van der Waals surface area contributed by atoms with Gasteiger partial charge in [-0.15, -0.1) is 0 Å². The van der Waals surface area contributed by atoms with Crippen LogP contribution >= 0.6 is 0 Å². The number of aromatic nitrogens is 2. The maximum atomic E-state index is 11.1. The van der Waals surface area contributed by atoms with Crippen molar-refractivity contribution in [1.29, 1.82) is 0 Å². The highest BCUT2D eigenvalue weighted by molar-refractivity contribution is 5.79. The number of nitrogens with zero attached hydrogens (tertiary/aromatic N) is 3. The highest BCUT2D eigenvalue weighted by atomic mass is 16.6. The van der Waals surface area contributed by atoms with Crippen LogP contribution < -0.4 is 11.5 Å². The standard InChI is InChI=1S/C14H17N5O3/c1-8-6-9(11(15)10(7-8)19(20)21)12-17-13(18-22-12)14(16)4-2-3-5-14/h6-7H,2-5,15-16H2,1H3. The molecule has 4 N–H and O–H groups in total. The molecule has 1 fully saturated rings. The first-order chi connectivity index (χ1) is 10.4. The molecule has 1 aliphatic carbocycles. The number of aryl methyl sites for hydroxylation is 1. The van der Waals surface area contributed by atoms with Crippen LogP contribution in [-0.2, 0) is 5.54 Å². The molecule has 3 rings (SSSR count). The van der Waals surface area contributed by atoms with Crippen molar-refractivity contribution < 1.29 is 9.45 Å². The molecule has 2 aromatic rings. The Morgan fingerprint density at radius 1 is 1.36 bits per heavy atom. The van der Waals surface area contributed by atoms with Gasteiger partial charge in [0, 0.05) is 6.07 Å². The third-order valence-corrected chi connectivity index (χ3v) is 4.10. The zero-order valence-electron chi connectivity index (χ0n) is 12.2. The lowest BCUT2D eigenvalue weighted by Gasteiger charge is -2.17. The number of nitrogens with two attached hydrogens (primary N) is 2. The average Bonchev–Trinajstić information content (AvgIpc) is 3.10. The number of nitrogen functional groups attached to an aromatic ring is 1. The molecular formula is C14H17N5O3. The predicted molar refractivity (Wildman–Crippen MR) is 79.9 cm³/mol. The zero-order valence-corrected chi connectivity index (χ0v) is 12.2. The normalized spacial score (nSPS) is 16.8. The van der Waals surface area contributed by atoms with Crippen molar-refractivity contribution in [2.24, 2.45) is 5.73 Å². The predicted octanol–water partition coefficient (Wildman–Crippen LogP) is 2.26. The van der Waals surface area contributed by atoms with Crippen molar-refractivity contribution in [3.05, 3.63) is 33.6 Å². The first kappa shape index (κ1) is 14.5. The van der Waals surface area contributed by atoms with E-state index in [2.05, 4.69) is 10.1 Å². The molecule has 8 nitrogen and oxygen atoms in total. The van der Waals surface area contributed by atoms with Crippen LogP contribution in [0.1, 0.15) is 37.1 Å². The van der Waals surface area contributed by atoms with Gasteiger partial charge in [-0.25, -0.2) is 0 Å². The summed E-state index contributed by atoms with van der Waals surface area (Å²) in [5, 5.41) is 15.0. The molecule has 0 radical (unpaired) electrons. The third-order valence-electron chi connectivity index (χ3n) is 4.10. The number of nitro benzene ring substituents is 1. The summed E-state index contributed by atoms with van der Waals surface area (Å²) in [5.74, 6) is 0.597. The van der Waals surface area contributed by atoms with Crippen molar-refractivity contribution in [3.63, 3.8) is 0 Å². The van der Waals surface area contributed by atoms with Gasteiger partial charge in [-0.2, -0.15) is 4.98 Å². The van der Waals surface area contributed by atoms with E-state index in [4.69, 9.17) is 16.0 Å². The topological polar surface area (TPSA) is 134 Å². The molecule has 0 saturated heterocycles. The van der Waals surface area contributed by atoms with Crippen LogP contribution in [0.4, 0.5) is 11.4 Å². The van der Waals surface area contributed by atoms with Gasteiger partial charge >= 0.3 is 0 Å². The quantitative estimate of drug-likeness (QED) is 0.504. The number of hydrogen-bond donors (Lipinski definition) is 2. The Morgan fingerprint density at radius 2 is 2.05 bits per heavy atom. The van der Waals surface area contributed by atoms with E-state index in [0.29, 0.717) is 17.0 Å². The fourth-order valence-electron chi connectivity index (χ4n) is 2.87. The van der Waals surface area contributed by atoms with Gasteiger partial charge in [-0.3, -0.25) is 10.1 Å². The summed E-state index contributed by atoms with van der Waals surface area (Å²) >= 11 is 0. The van der Waals surface area contributed by atoms with Crippen molar-refractivity contribution in [3.8, 4) is 11.5 Å². The second-order valence-corrected chi connectivity index (χ2v) is 5.79. The van der Waals surface area contributed by atoms with Gasteiger partial charge in [0.1, 0.15) is 5.69 Å². The molecule has 1 heterocycles. The molecule has 0 spiro atoms. The maximum absolute atomic E-state index is 11.1. The first-order valence-electron chi connectivity index (χ1n) is 7.09. The molecule has 1 aromatic carbocycles. The smallest absolute Gasteiger partial charge is 0.293 e. The van der Waals surface area contributed by atoms with E-state index in [1.807, 2.05) is 0 Å². The second-order valence-electron chi connectivity index (χ2n) is 5.79. The maximum Gasteiger partial charge on any atom is 0.293 e. The van der Waals surface area contributed by atoms with Crippen LogP contribution in [0.25, 0.3) is 11.5 Å². The van der Waals surface area contributed by atoms with Gasteiger partial charge in [-0.1, -0.05) is 18.0 Å². The molecule has 0 atom stereocenters. The summed E-state index contributed by atoms with van der Waals surface area (Å²) in [7, 11) is 0. The second kappa shape index (κ2) is 5.06. The van der Waals surface area contributed by atoms with Crippen LogP contribution in [0, 0.1) is 17.0 Å². The van der Waals surface area contributed by atoms with Gasteiger partial charge in [0.2, 0.25) is 0 Å². The minimum atomic E-state index is -0.577. The van der Waals surface area contributed by atoms with E-state index >= 15 is 0 Å². The molecule has 1 aliphatic rings. The van der Waals surface area contributed by atoms with E-state index in [0.717, 1.165) is 25.7 Å². The SMILES string of the molecule is Cc1cc(-c2nc(C3(N)CCCC3)no2)c(N)c([N+](=O)[O-])c1. The molecular weight excluding hydrogens is 286 g/mol. The van der Waals surface area contributed by atoms with Crippen LogP contribution in [0.3, 0.4) is 0 Å². The molecule has 8 heteroatoms. The molecule has 1 saturated carbocycles. The van der Waals surface area contributed by atoms with Gasteiger partial charge in [0.15, 0.2) is 5.82 Å². The van der Waals surface area contributed by atoms with Crippen LogP contribution in [0.2, 0.25) is 0 Å². The zero-order chi connectivity index (χ0) is 15.9. The van der Waals surface area contributed by atoms with E-state index in [1.165, 1.54) is 6.07 Å². The first-order valence-corrected chi connectivity index (χ1v) is 7.09. The Morgan fingerprint density at radius 3 is 2.68 bits per heavy atom.